The summed E-state index contributed by atoms with van der Waals surface area (Å²) in [5, 5.41) is 5.86. The smallest absolute Gasteiger partial charge is 0.0836 e. The molecule has 1 fully saturated rings. The van der Waals surface area contributed by atoms with E-state index in [1.54, 1.807) is 0 Å². The molecular formula is C15H19N2S. The lowest BCUT2D eigenvalue weighted by Crippen LogP contribution is -2.51. The van der Waals surface area contributed by atoms with Crippen molar-refractivity contribution in [3.8, 4) is 0 Å². The van der Waals surface area contributed by atoms with Gasteiger partial charge in [0.15, 0.2) is 0 Å². The van der Waals surface area contributed by atoms with Crippen LogP contribution in [0, 0.1) is 12.1 Å². The summed E-state index contributed by atoms with van der Waals surface area (Å²) >= 11 is 1.82. The van der Waals surface area contributed by atoms with Gasteiger partial charge in [-0.05, 0) is 29.7 Å². The molecule has 3 unspecified atom stereocenters. The van der Waals surface area contributed by atoms with Crippen molar-refractivity contribution in [2.45, 2.75) is 32.0 Å². The molecule has 0 saturated carbocycles. The van der Waals surface area contributed by atoms with Crippen LogP contribution in [-0.4, -0.2) is 16.9 Å². The van der Waals surface area contributed by atoms with Gasteiger partial charge in [-0.3, -0.25) is 5.32 Å². The molecule has 2 aliphatic rings. The van der Waals surface area contributed by atoms with Crippen molar-refractivity contribution in [2.75, 3.05) is 5.88 Å². The van der Waals surface area contributed by atoms with Crippen LogP contribution in [0.4, 0.5) is 0 Å². The van der Waals surface area contributed by atoms with E-state index in [2.05, 4.69) is 59.1 Å². The van der Waals surface area contributed by atoms with E-state index < -0.39 is 0 Å². The van der Waals surface area contributed by atoms with E-state index in [0.717, 1.165) is 5.88 Å². The zero-order valence-corrected chi connectivity index (χ0v) is 11.5. The van der Waals surface area contributed by atoms with E-state index >= 15 is 0 Å². The first-order valence-electron chi connectivity index (χ1n) is 6.61. The number of nitrogens with one attached hydrogen (secondary N) is 1. The van der Waals surface area contributed by atoms with Gasteiger partial charge in [0.05, 0.1) is 18.2 Å². The molecule has 3 rings (SSSR count). The molecule has 0 amide bonds. The lowest BCUT2D eigenvalue weighted by Gasteiger charge is -2.40. The minimum Gasteiger partial charge on any atom is -0.344 e. The zero-order chi connectivity index (χ0) is 12.4. The highest BCUT2D eigenvalue weighted by molar-refractivity contribution is 8.02. The summed E-state index contributed by atoms with van der Waals surface area (Å²) in [7, 11) is 0. The van der Waals surface area contributed by atoms with Gasteiger partial charge in [-0.1, -0.05) is 37.3 Å². The summed E-state index contributed by atoms with van der Waals surface area (Å²) in [5.41, 5.74) is 1.41. The molecule has 1 radical (unpaired) electrons. The predicted octanol–water partition coefficient (Wildman–Crippen LogP) is 3.35. The van der Waals surface area contributed by atoms with Crippen LogP contribution in [0.5, 0.6) is 0 Å². The normalized spacial score (nSPS) is 31.8. The standard InChI is InChI=1S/C15H19N2S/c1-12-7-8-14(13-5-3-2-4-6-13)16-15(12)17-9-10-18-11-17/h2-6,10,12,14-16H,7-8,11H2,1H3. The zero-order valence-electron chi connectivity index (χ0n) is 10.7. The molecule has 1 saturated heterocycles. The van der Waals surface area contributed by atoms with Gasteiger partial charge >= 0.3 is 0 Å². The van der Waals surface area contributed by atoms with Crippen LogP contribution in [0.3, 0.4) is 0 Å². The molecule has 1 aromatic carbocycles. The van der Waals surface area contributed by atoms with Crippen molar-refractivity contribution in [1.82, 2.24) is 10.2 Å². The van der Waals surface area contributed by atoms with Gasteiger partial charge in [0.1, 0.15) is 0 Å². The van der Waals surface area contributed by atoms with Crippen LogP contribution in [0.15, 0.2) is 35.7 Å². The molecular weight excluding hydrogens is 240 g/mol. The topological polar surface area (TPSA) is 15.3 Å². The van der Waals surface area contributed by atoms with E-state index in [4.69, 9.17) is 0 Å². The highest BCUT2D eigenvalue weighted by atomic mass is 32.2. The quantitative estimate of drug-likeness (QED) is 0.877. The van der Waals surface area contributed by atoms with Crippen LogP contribution in [-0.2, 0) is 0 Å². The Morgan fingerprint density at radius 3 is 2.83 bits per heavy atom. The summed E-state index contributed by atoms with van der Waals surface area (Å²) in [6.45, 7) is 2.34. The number of hydrogen-bond acceptors (Lipinski definition) is 3. The second kappa shape index (κ2) is 5.37. The Balaban J connectivity index is 1.74. The van der Waals surface area contributed by atoms with Gasteiger partial charge in [-0.25, -0.2) is 0 Å². The SMILES string of the molecule is CC1CCC(c2ccccc2)NC1N1[C]=CSC1. The number of thioether (sulfide) groups is 1. The van der Waals surface area contributed by atoms with Crippen molar-refractivity contribution >= 4 is 11.8 Å². The van der Waals surface area contributed by atoms with Gasteiger partial charge in [-0.15, -0.1) is 11.8 Å². The van der Waals surface area contributed by atoms with Crippen LogP contribution in [0.25, 0.3) is 0 Å². The maximum atomic E-state index is 3.79. The third kappa shape index (κ3) is 2.43. The minimum atomic E-state index is 0.426. The summed E-state index contributed by atoms with van der Waals surface area (Å²) in [6.07, 6.45) is 6.27. The average molecular weight is 259 g/mol. The fraction of sp³-hybridized carbons (Fsp3) is 0.467. The summed E-state index contributed by atoms with van der Waals surface area (Å²) in [6, 6.07) is 11.3. The molecule has 2 nitrogen and oxygen atoms in total. The molecule has 0 aliphatic carbocycles. The summed E-state index contributed by atoms with van der Waals surface area (Å²) in [5.74, 6) is 1.72. The van der Waals surface area contributed by atoms with Crippen molar-refractivity contribution in [2.24, 2.45) is 5.92 Å². The average Bonchev–Trinajstić information content (AvgIpc) is 2.94. The Morgan fingerprint density at radius 2 is 2.11 bits per heavy atom. The summed E-state index contributed by atoms with van der Waals surface area (Å²) < 4.78 is 0. The van der Waals surface area contributed by atoms with Gasteiger partial charge in [0.2, 0.25) is 0 Å². The molecule has 1 N–H and O–H groups in total. The van der Waals surface area contributed by atoms with E-state index in [-0.39, 0.29) is 0 Å². The van der Waals surface area contributed by atoms with Crippen LogP contribution in [0.1, 0.15) is 31.4 Å². The number of hydrogen-bond donors (Lipinski definition) is 1. The molecule has 2 heterocycles. The highest BCUT2D eigenvalue weighted by Crippen LogP contribution is 2.32. The predicted molar refractivity (Wildman–Crippen MR) is 76.6 cm³/mol. The third-order valence-corrected chi connectivity index (χ3v) is 4.57. The highest BCUT2D eigenvalue weighted by Gasteiger charge is 2.31. The van der Waals surface area contributed by atoms with Gasteiger partial charge in [0, 0.05) is 6.04 Å². The van der Waals surface area contributed by atoms with Crippen molar-refractivity contribution in [3.63, 3.8) is 0 Å². The Labute approximate surface area is 113 Å². The van der Waals surface area contributed by atoms with E-state index in [0.29, 0.717) is 18.1 Å². The molecule has 0 bridgehead atoms. The lowest BCUT2D eigenvalue weighted by atomic mass is 9.89. The Kier molecular flexibility index (Phi) is 3.62. The molecule has 2 aliphatic heterocycles. The Hall–Kier alpha value is -0.930. The Morgan fingerprint density at radius 1 is 1.28 bits per heavy atom. The van der Waals surface area contributed by atoms with Crippen molar-refractivity contribution in [1.29, 1.82) is 0 Å². The second-order valence-electron chi connectivity index (χ2n) is 5.14. The summed E-state index contributed by atoms with van der Waals surface area (Å²) in [4.78, 5) is 2.31. The van der Waals surface area contributed by atoms with Gasteiger partial charge in [0.25, 0.3) is 0 Å². The Bertz CT molecular complexity index is 418. The fourth-order valence-electron chi connectivity index (χ4n) is 2.81. The molecule has 3 heteroatoms. The lowest BCUT2D eigenvalue weighted by molar-refractivity contribution is 0.124. The van der Waals surface area contributed by atoms with E-state index in [1.165, 1.54) is 18.4 Å². The molecule has 95 valence electrons. The van der Waals surface area contributed by atoms with E-state index in [9.17, 15) is 0 Å². The largest absolute Gasteiger partial charge is 0.344 e. The maximum absolute atomic E-state index is 3.79. The van der Waals surface area contributed by atoms with Crippen LogP contribution in [0.2, 0.25) is 0 Å². The fourth-order valence-corrected chi connectivity index (χ4v) is 3.49. The number of piperidine rings is 1. The molecule has 0 spiro atoms. The van der Waals surface area contributed by atoms with Gasteiger partial charge < -0.3 is 4.90 Å². The van der Waals surface area contributed by atoms with Crippen molar-refractivity contribution < 1.29 is 0 Å². The first kappa shape index (κ1) is 12.1. The maximum Gasteiger partial charge on any atom is 0.0836 e. The molecule has 0 aromatic heterocycles. The first-order chi connectivity index (χ1) is 8.84. The van der Waals surface area contributed by atoms with E-state index in [1.807, 2.05) is 11.8 Å². The van der Waals surface area contributed by atoms with Gasteiger partial charge in [-0.2, -0.15) is 0 Å². The monoisotopic (exact) mass is 259 g/mol. The van der Waals surface area contributed by atoms with Crippen molar-refractivity contribution in [3.05, 3.63) is 47.5 Å². The third-order valence-electron chi connectivity index (χ3n) is 3.87. The second-order valence-corrected chi connectivity index (χ2v) is 5.97. The number of rotatable bonds is 2. The number of nitrogens with zero attached hydrogens (tertiary/aromatic N) is 1. The molecule has 1 aromatic rings. The van der Waals surface area contributed by atoms with Crippen LogP contribution >= 0.6 is 11.8 Å². The molecule has 18 heavy (non-hydrogen) atoms. The first-order valence-corrected chi connectivity index (χ1v) is 7.66. The molecule has 3 atom stereocenters. The number of benzene rings is 1. The van der Waals surface area contributed by atoms with Crippen LogP contribution < -0.4 is 5.32 Å². The minimum absolute atomic E-state index is 0.426.